The van der Waals surface area contributed by atoms with Crippen molar-refractivity contribution in [2.75, 3.05) is 0 Å². The maximum atomic E-state index is 14.3. The Morgan fingerprint density at radius 3 is 2.74 bits per heavy atom. The van der Waals surface area contributed by atoms with Gasteiger partial charge in [0, 0.05) is 28.4 Å². The molecule has 1 aliphatic heterocycles. The van der Waals surface area contributed by atoms with E-state index >= 15 is 0 Å². The first-order valence-electron chi connectivity index (χ1n) is 7.45. The smallest absolute Gasteiger partial charge is 0.195 e. The van der Waals surface area contributed by atoms with Gasteiger partial charge in [-0.25, -0.2) is 8.78 Å². The van der Waals surface area contributed by atoms with Crippen LogP contribution in [0.4, 0.5) is 8.78 Å². The van der Waals surface area contributed by atoms with E-state index in [0.29, 0.717) is 29.2 Å². The summed E-state index contributed by atoms with van der Waals surface area (Å²) in [6, 6.07) is 2.43. The first-order chi connectivity index (χ1) is 10.9. The number of benzene rings is 1. The molecule has 122 valence electrons. The number of carbonyl (C=O) groups excluding carboxylic acids is 1. The van der Waals surface area contributed by atoms with Gasteiger partial charge >= 0.3 is 0 Å². The van der Waals surface area contributed by atoms with Crippen molar-refractivity contribution in [3.05, 3.63) is 57.8 Å². The van der Waals surface area contributed by atoms with Gasteiger partial charge in [0.25, 0.3) is 0 Å². The third-order valence-corrected chi connectivity index (χ3v) is 4.14. The van der Waals surface area contributed by atoms with Crippen LogP contribution in [0.3, 0.4) is 0 Å². The fourth-order valence-corrected chi connectivity index (χ4v) is 2.82. The molecule has 0 bridgehead atoms. The Bertz CT molecular complexity index is 735. The third-order valence-electron chi connectivity index (χ3n) is 3.88. The van der Waals surface area contributed by atoms with E-state index in [4.69, 9.17) is 11.6 Å². The van der Waals surface area contributed by atoms with Crippen molar-refractivity contribution in [3.63, 3.8) is 0 Å². The second kappa shape index (κ2) is 7.18. The van der Waals surface area contributed by atoms with Gasteiger partial charge in [0.1, 0.15) is 11.6 Å². The molecule has 2 nitrogen and oxygen atoms in total. The monoisotopic (exact) mass is 337 g/mol. The summed E-state index contributed by atoms with van der Waals surface area (Å²) in [5, 5.41) is 0.514. The Hall–Kier alpha value is -1.81. The fraction of sp³-hybridized carbons (Fsp3) is 0.333. The summed E-state index contributed by atoms with van der Waals surface area (Å²) in [6.45, 7) is 5.15. The lowest BCUT2D eigenvalue weighted by atomic mass is 9.84. The molecule has 0 saturated carbocycles. The average Bonchev–Trinajstić information content (AvgIpc) is 2.51. The van der Waals surface area contributed by atoms with Gasteiger partial charge in [-0.1, -0.05) is 30.7 Å². The van der Waals surface area contributed by atoms with Crippen molar-refractivity contribution < 1.29 is 13.6 Å². The molecule has 5 heteroatoms. The van der Waals surface area contributed by atoms with E-state index in [0.717, 1.165) is 6.07 Å². The van der Waals surface area contributed by atoms with Gasteiger partial charge in [-0.3, -0.25) is 9.79 Å². The summed E-state index contributed by atoms with van der Waals surface area (Å²) >= 11 is 6.03. The van der Waals surface area contributed by atoms with Crippen molar-refractivity contribution in [2.24, 2.45) is 10.9 Å². The number of ketones is 1. The zero-order valence-corrected chi connectivity index (χ0v) is 14.0. The Kier molecular flexibility index (Phi) is 5.47. The van der Waals surface area contributed by atoms with Crippen LogP contribution in [0.1, 0.15) is 42.6 Å². The van der Waals surface area contributed by atoms with Crippen molar-refractivity contribution in [1.82, 2.24) is 0 Å². The van der Waals surface area contributed by atoms with E-state index in [1.807, 2.05) is 6.92 Å². The van der Waals surface area contributed by atoms with E-state index in [1.54, 1.807) is 13.0 Å². The Labute approximate surface area is 139 Å². The highest BCUT2D eigenvalue weighted by Crippen LogP contribution is 2.31. The molecule has 1 atom stereocenters. The Balaban J connectivity index is 2.50. The van der Waals surface area contributed by atoms with Crippen LogP contribution in [0.25, 0.3) is 0 Å². The molecule has 0 fully saturated rings. The molecule has 0 N–H and O–H groups in total. The predicted octanol–water partition coefficient (Wildman–Crippen LogP) is 5.35. The topological polar surface area (TPSA) is 29.4 Å². The highest BCUT2D eigenvalue weighted by molar-refractivity contribution is 6.30. The quantitative estimate of drug-likeness (QED) is 0.537. The molecule has 1 unspecified atom stereocenters. The number of allylic oxidation sites excluding steroid dienone is 3. The number of rotatable bonds is 4. The number of hydrogen-bond acceptors (Lipinski definition) is 2. The van der Waals surface area contributed by atoms with Gasteiger partial charge in [0.15, 0.2) is 5.78 Å². The summed E-state index contributed by atoms with van der Waals surface area (Å²) in [4.78, 5) is 17.0. The fourth-order valence-electron chi connectivity index (χ4n) is 2.61. The van der Waals surface area contributed by atoms with Crippen LogP contribution in [-0.2, 0) is 0 Å². The Morgan fingerprint density at radius 1 is 1.39 bits per heavy atom. The lowest BCUT2D eigenvalue weighted by Crippen LogP contribution is -2.23. The number of nitrogens with zero attached hydrogens (tertiary/aromatic N) is 1. The lowest BCUT2D eigenvalue weighted by molar-refractivity contribution is 0.101. The summed E-state index contributed by atoms with van der Waals surface area (Å²) in [5.74, 6) is -2.67. The molecule has 23 heavy (non-hydrogen) atoms. The number of aryl methyl sites for hydroxylation is 1. The minimum atomic E-state index is -0.854. The summed E-state index contributed by atoms with van der Waals surface area (Å²) in [5.41, 5.74) is 0.764. The molecule has 0 amide bonds. The predicted molar refractivity (Wildman–Crippen MR) is 89.0 cm³/mol. The molecule has 0 aliphatic carbocycles. The minimum Gasteiger partial charge on any atom is -0.289 e. The molecule has 0 saturated heterocycles. The van der Waals surface area contributed by atoms with E-state index in [1.165, 1.54) is 19.2 Å². The van der Waals surface area contributed by atoms with Crippen LogP contribution in [0, 0.1) is 24.5 Å². The molecule has 0 aromatic heterocycles. The first-order valence-corrected chi connectivity index (χ1v) is 7.82. The van der Waals surface area contributed by atoms with Crippen LogP contribution in [-0.4, -0.2) is 11.5 Å². The zero-order chi connectivity index (χ0) is 17.1. The average molecular weight is 338 g/mol. The van der Waals surface area contributed by atoms with Crippen LogP contribution >= 0.6 is 11.6 Å². The molecular weight excluding hydrogens is 320 g/mol. The number of halogens is 3. The van der Waals surface area contributed by atoms with Gasteiger partial charge < -0.3 is 0 Å². The highest BCUT2D eigenvalue weighted by Gasteiger charge is 2.30. The summed E-state index contributed by atoms with van der Waals surface area (Å²) < 4.78 is 28.4. The lowest BCUT2D eigenvalue weighted by Gasteiger charge is -2.22. The van der Waals surface area contributed by atoms with Gasteiger partial charge in [-0.15, -0.1) is 0 Å². The van der Waals surface area contributed by atoms with Crippen molar-refractivity contribution in [3.8, 4) is 0 Å². The van der Waals surface area contributed by atoms with Crippen LogP contribution in [0.15, 0.2) is 40.0 Å². The number of Topliss-reactive ketones (excluding diaryl/α,β-unsaturated/α-hetero) is 1. The molecule has 1 aliphatic rings. The molecular formula is C18H18ClF2NO. The molecule has 1 aromatic rings. The van der Waals surface area contributed by atoms with Crippen molar-refractivity contribution in [1.29, 1.82) is 0 Å². The van der Waals surface area contributed by atoms with E-state index < -0.39 is 23.0 Å². The standard InChI is InChI=1S/C18H18ClF2NO/c1-4-5-13(14-8-12(19)9-22-11(14)3)18(23)16-15(20)7-6-10(2)17(16)21/h5-7,9,14H,4,8H2,1-3H3/b13-5+. The largest absolute Gasteiger partial charge is 0.289 e. The van der Waals surface area contributed by atoms with Crippen LogP contribution in [0.2, 0.25) is 0 Å². The van der Waals surface area contributed by atoms with Gasteiger partial charge in [-0.05, 0) is 38.3 Å². The molecule has 0 radical (unpaired) electrons. The Morgan fingerprint density at radius 2 is 2.09 bits per heavy atom. The number of aliphatic imine (C=N–C) groups is 1. The third kappa shape index (κ3) is 3.58. The van der Waals surface area contributed by atoms with Crippen LogP contribution < -0.4 is 0 Å². The molecule has 1 heterocycles. The minimum absolute atomic E-state index is 0.234. The van der Waals surface area contributed by atoms with Crippen molar-refractivity contribution >= 4 is 23.1 Å². The normalized spacial score (nSPS) is 18.5. The second-order valence-corrected chi connectivity index (χ2v) is 6.04. The first kappa shape index (κ1) is 17.5. The van der Waals surface area contributed by atoms with Crippen molar-refractivity contribution in [2.45, 2.75) is 33.6 Å². The highest BCUT2D eigenvalue weighted by atomic mass is 35.5. The maximum absolute atomic E-state index is 14.3. The van der Waals surface area contributed by atoms with Gasteiger partial charge in [-0.2, -0.15) is 0 Å². The maximum Gasteiger partial charge on any atom is 0.195 e. The van der Waals surface area contributed by atoms with Crippen LogP contribution in [0.5, 0.6) is 0 Å². The summed E-state index contributed by atoms with van der Waals surface area (Å²) in [6.07, 6.45) is 4.21. The summed E-state index contributed by atoms with van der Waals surface area (Å²) in [7, 11) is 0. The number of hydrogen-bond donors (Lipinski definition) is 0. The van der Waals surface area contributed by atoms with Gasteiger partial charge in [0.2, 0.25) is 0 Å². The van der Waals surface area contributed by atoms with E-state index in [2.05, 4.69) is 4.99 Å². The van der Waals surface area contributed by atoms with E-state index in [9.17, 15) is 13.6 Å². The number of carbonyl (C=O) groups is 1. The molecule has 0 spiro atoms. The molecule has 1 aromatic carbocycles. The second-order valence-electron chi connectivity index (χ2n) is 5.55. The molecule has 2 rings (SSSR count). The zero-order valence-electron chi connectivity index (χ0n) is 13.3. The SMILES string of the molecule is CC/C=C(/C(=O)c1c(F)ccc(C)c1F)C1CC(Cl)=CN=C1C. The van der Waals surface area contributed by atoms with Gasteiger partial charge in [0.05, 0.1) is 5.56 Å². The van der Waals surface area contributed by atoms with E-state index in [-0.39, 0.29) is 11.5 Å².